The highest BCUT2D eigenvalue weighted by atomic mass is 16.5. The van der Waals surface area contributed by atoms with E-state index >= 15 is 0 Å². The molecule has 0 radical (unpaired) electrons. The molecular weight excluding hydrogens is 246 g/mol. The van der Waals surface area contributed by atoms with Gasteiger partial charge >= 0.3 is 0 Å². The van der Waals surface area contributed by atoms with Crippen molar-refractivity contribution in [2.75, 3.05) is 20.3 Å². The number of nitrogens with one attached hydrogen (secondary N) is 1. The Morgan fingerprint density at radius 1 is 1.10 bits per heavy atom. The summed E-state index contributed by atoms with van der Waals surface area (Å²) in [5, 5.41) is 3.71. The predicted octanol–water partition coefficient (Wildman–Crippen LogP) is 4.33. The molecule has 0 saturated heterocycles. The van der Waals surface area contributed by atoms with E-state index in [0.717, 1.165) is 19.6 Å². The van der Waals surface area contributed by atoms with Crippen LogP contribution in [0.2, 0.25) is 0 Å². The maximum absolute atomic E-state index is 5.29. The molecule has 0 heterocycles. The smallest absolute Gasteiger partial charge is 0.0488 e. The summed E-state index contributed by atoms with van der Waals surface area (Å²) in [6.07, 6.45) is 2.29. The van der Waals surface area contributed by atoms with Crippen molar-refractivity contribution in [1.29, 1.82) is 0 Å². The van der Waals surface area contributed by atoms with Crippen LogP contribution in [0.1, 0.15) is 55.0 Å². The zero-order valence-corrected chi connectivity index (χ0v) is 14.0. The fraction of sp³-hybridized carbons (Fsp3) is 0.667. The Labute approximate surface area is 124 Å². The minimum atomic E-state index is 0.430. The van der Waals surface area contributed by atoms with Gasteiger partial charge in [0.1, 0.15) is 0 Å². The molecule has 0 amide bonds. The van der Waals surface area contributed by atoms with Gasteiger partial charge in [0, 0.05) is 19.8 Å². The Hall–Kier alpha value is -0.860. The van der Waals surface area contributed by atoms with E-state index in [1.165, 1.54) is 28.7 Å². The molecule has 0 aliphatic carbocycles. The van der Waals surface area contributed by atoms with E-state index in [9.17, 15) is 0 Å². The molecule has 1 aromatic rings. The molecule has 0 bridgehead atoms. The first-order chi connectivity index (χ1) is 9.49. The number of hydrogen-bond donors (Lipinski definition) is 1. The fourth-order valence-corrected chi connectivity index (χ4v) is 2.75. The molecule has 0 aliphatic heterocycles. The van der Waals surface area contributed by atoms with Crippen LogP contribution in [0.3, 0.4) is 0 Å². The molecule has 1 rings (SSSR count). The van der Waals surface area contributed by atoms with Gasteiger partial charge in [0.2, 0.25) is 0 Å². The van der Waals surface area contributed by atoms with Gasteiger partial charge in [-0.15, -0.1) is 0 Å². The average Bonchev–Trinajstić information content (AvgIpc) is 2.39. The van der Waals surface area contributed by atoms with Crippen molar-refractivity contribution < 1.29 is 4.74 Å². The Bertz CT molecular complexity index is 414. The van der Waals surface area contributed by atoms with E-state index in [1.807, 2.05) is 0 Å². The molecule has 0 aromatic heterocycles. The van der Waals surface area contributed by atoms with Crippen LogP contribution >= 0.6 is 0 Å². The van der Waals surface area contributed by atoms with E-state index in [2.05, 4.69) is 52.1 Å². The first-order valence-corrected chi connectivity index (χ1v) is 7.79. The summed E-state index contributed by atoms with van der Waals surface area (Å²) < 4.78 is 5.29. The lowest BCUT2D eigenvalue weighted by Gasteiger charge is -2.25. The van der Waals surface area contributed by atoms with E-state index in [0.29, 0.717) is 12.0 Å². The number of benzene rings is 1. The molecule has 2 nitrogen and oxygen atoms in total. The molecule has 2 heteroatoms. The minimum Gasteiger partial charge on any atom is -0.384 e. The quantitative estimate of drug-likeness (QED) is 0.764. The van der Waals surface area contributed by atoms with Crippen molar-refractivity contribution in [3.63, 3.8) is 0 Å². The number of hydrogen-bond acceptors (Lipinski definition) is 2. The third kappa shape index (κ3) is 4.92. The molecule has 1 aromatic carbocycles. The standard InChI is InChI=1S/C18H31NO/c1-7-8-19-18(9-13(2)12-20-6)17-11-15(4)14(3)10-16(17)5/h10-11,13,18-19H,7-9,12H2,1-6H3. The summed E-state index contributed by atoms with van der Waals surface area (Å²) in [5.41, 5.74) is 5.61. The van der Waals surface area contributed by atoms with Crippen molar-refractivity contribution in [1.82, 2.24) is 5.32 Å². The molecule has 0 saturated carbocycles. The van der Waals surface area contributed by atoms with E-state index in [-0.39, 0.29) is 0 Å². The summed E-state index contributed by atoms with van der Waals surface area (Å²) >= 11 is 0. The number of aryl methyl sites for hydroxylation is 3. The van der Waals surface area contributed by atoms with Crippen LogP contribution in [0, 0.1) is 26.7 Å². The topological polar surface area (TPSA) is 21.3 Å². The second-order valence-corrected chi connectivity index (χ2v) is 6.10. The number of ether oxygens (including phenoxy) is 1. The van der Waals surface area contributed by atoms with Crippen molar-refractivity contribution in [2.24, 2.45) is 5.92 Å². The van der Waals surface area contributed by atoms with Crippen LogP contribution in [-0.4, -0.2) is 20.3 Å². The van der Waals surface area contributed by atoms with Crippen LogP contribution < -0.4 is 5.32 Å². The third-order valence-corrected chi connectivity index (χ3v) is 3.99. The molecular formula is C18H31NO. The SMILES string of the molecule is CCCNC(CC(C)COC)c1cc(C)c(C)cc1C. The highest BCUT2D eigenvalue weighted by Crippen LogP contribution is 2.27. The van der Waals surface area contributed by atoms with Gasteiger partial charge in [0.05, 0.1) is 0 Å². The van der Waals surface area contributed by atoms with E-state index < -0.39 is 0 Å². The average molecular weight is 277 g/mol. The molecule has 20 heavy (non-hydrogen) atoms. The van der Waals surface area contributed by atoms with Gasteiger partial charge in [-0.05, 0) is 68.3 Å². The zero-order chi connectivity index (χ0) is 15.1. The van der Waals surface area contributed by atoms with Gasteiger partial charge in [0.15, 0.2) is 0 Å². The summed E-state index contributed by atoms with van der Waals surface area (Å²) in [6, 6.07) is 5.10. The fourth-order valence-electron chi connectivity index (χ4n) is 2.75. The van der Waals surface area contributed by atoms with Gasteiger partial charge in [-0.3, -0.25) is 0 Å². The van der Waals surface area contributed by atoms with E-state index in [1.54, 1.807) is 7.11 Å². The van der Waals surface area contributed by atoms with E-state index in [4.69, 9.17) is 4.74 Å². The van der Waals surface area contributed by atoms with Crippen molar-refractivity contribution >= 4 is 0 Å². The van der Waals surface area contributed by atoms with Gasteiger partial charge < -0.3 is 10.1 Å². The first kappa shape index (κ1) is 17.2. The lowest BCUT2D eigenvalue weighted by molar-refractivity contribution is 0.149. The third-order valence-electron chi connectivity index (χ3n) is 3.99. The lowest BCUT2D eigenvalue weighted by atomic mass is 9.90. The molecule has 114 valence electrons. The Morgan fingerprint density at radius 3 is 2.35 bits per heavy atom. The largest absolute Gasteiger partial charge is 0.384 e. The van der Waals surface area contributed by atoms with Crippen LogP contribution in [0.5, 0.6) is 0 Å². The molecule has 2 atom stereocenters. The summed E-state index contributed by atoms with van der Waals surface area (Å²) in [5.74, 6) is 0.565. The molecule has 0 spiro atoms. The minimum absolute atomic E-state index is 0.430. The summed E-state index contributed by atoms with van der Waals surface area (Å²) in [4.78, 5) is 0. The van der Waals surface area contributed by atoms with Crippen molar-refractivity contribution in [3.05, 3.63) is 34.4 Å². The molecule has 1 N–H and O–H groups in total. The van der Waals surface area contributed by atoms with Crippen LogP contribution in [0.4, 0.5) is 0 Å². The van der Waals surface area contributed by atoms with Gasteiger partial charge in [-0.2, -0.15) is 0 Å². The maximum Gasteiger partial charge on any atom is 0.0488 e. The Balaban J connectivity index is 2.94. The monoisotopic (exact) mass is 277 g/mol. The second kappa shape index (κ2) is 8.43. The van der Waals surface area contributed by atoms with Crippen LogP contribution in [0.25, 0.3) is 0 Å². The first-order valence-electron chi connectivity index (χ1n) is 7.79. The van der Waals surface area contributed by atoms with Gasteiger partial charge in [0.25, 0.3) is 0 Å². The Kier molecular flexibility index (Phi) is 7.25. The maximum atomic E-state index is 5.29. The molecule has 2 unspecified atom stereocenters. The summed E-state index contributed by atoms with van der Waals surface area (Å²) in [6.45, 7) is 13.0. The van der Waals surface area contributed by atoms with Crippen molar-refractivity contribution in [2.45, 2.75) is 53.5 Å². The zero-order valence-electron chi connectivity index (χ0n) is 14.0. The second-order valence-electron chi connectivity index (χ2n) is 6.10. The highest BCUT2D eigenvalue weighted by Gasteiger charge is 2.17. The molecule has 0 fully saturated rings. The molecule has 0 aliphatic rings. The van der Waals surface area contributed by atoms with Crippen LogP contribution in [0.15, 0.2) is 12.1 Å². The number of rotatable bonds is 8. The van der Waals surface area contributed by atoms with Gasteiger partial charge in [-0.25, -0.2) is 0 Å². The normalized spacial score (nSPS) is 14.3. The van der Waals surface area contributed by atoms with Gasteiger partial charge in [-0.1, -0.05) is 26.0 Å². The number of methoxy groups -OCH3 is 1. The summed E-state index contributed by atoms with van der Waals surface area (Å²) in [7, 11) is 1.78. The lowest BCUT2D eigenvalue weighted by Crippen LogP contribution is -2.26. The van der Waals surface area contributed by atoms with Crippen molar-refractivity contribution in [3.8, 4) is 0 Å². The Morgan fingerprint density at radius 2 is 1.75 bits per heavy atom. The highest BCUT2D eigenvalue weighted by molar-refractivity contribution is 5.38. The predicted molar refractivity (Wildman–Crippen MR) is 87.3 cm³/mol. The van der Waals surface area contributed by atoms with Crippen LogP contribution in [-0.2, 0) is 4.74 Å².